The normalized spacial score (nSPS) is 16.8. The first-order chi connectivity index (χ1) is 15.5. The van der Waals surface area contributed by atoms with Gasteiger partial charge in [0.15, 0.2) is 5.84 Å². The number of thioether (sulfide) groups is 1. The summed E-state index contributed by atoms with van der Waals surface area (Å²) in [5, 5.41) is 15.6. The van der Waals surface area contributed by atoms with Crippen molar-refractivity contribution < 1.29 is 18.7 Å². The molecule has 2 aliphatic rings. The van der Waals surface area contributed by atoms with E-state index >= 15 is 0 Å². The van der Waals surface area contributed by atoms with E-state index in [0.717, 1.165) is 30.7 Å². The van der Waals surface area contributed by atoms with Crippen LogP contribution in [0.15, 0.2) is 56.5 Å². The second-order valence-corrected chi connectivity index (χ2v) is 8.25. The number of aliphatic imine (C=N–C) groups is 1. The molecule has 8 nitrogen and oxygen atoms in total. The lowest BCUT2D eigenvalue weighted by molar-refractivity contribution is -0.114. The number of ether oxygens (including phenoxy) is 1. The topological polar surface area (TPSA) is 108 Å². The fourth-order valence-electron chi connectivity index (χ4n) is 3.36. The molecule has 0 saturated carbocycles. The summed E-state index contributed by atoms with van der Waals surface area (Å²) >= 11 is 1.34. The van der Waals surface area contributed by atoms with Gasteiger partial charge in [0.2, 0.25) is 5.17 Å². The van der Waals surface area contributed by atoms with Crippen LogP contribution in [0, 0.1) is 5.41 Å². The summed E-state index contributed by atoms with van der Waals surface area (Å²) in [5.41, 5.74) is 1.04. The molecule has 0 bridgehead atoms. The summed E-state index contributed by atoms with van der Waals surface area (Å²) in [6.07, 6.45) is 5.50. The summed E-state index contributed by atoms with van der Waals surface area (Å²) in [7, 11) is 1.32. The maximum atomic E-state index is 12.6. The van der Waals surface area contributed by atoms with Crippen LogP contribution in [0.3, 0.4) is 0 Å². The fraction of sp³-hybridized carbons (Fsp3) is 0.261. The predicted molar refractivity (Wildman–Crippen MR) is 125 cm³/mol. The minimum absolute atomic E-state index is 0.0362. The van der Waals surface area contributed by atoms with E-state index in [-0.39, 0.29) is 11.4 Å². The number of hydrogen-bond acceptors (Lipinski definition) is 7. The molecule has 0 unspecified atom stereocenters. The van der Waals surface area contributed by atoms with Crippen LogP contribution >= 0.6 is 11.8 Å². The Labute approximate surface area is 189 Å². The van der Waals surface area contributed by atoms with E-state index in [1.807, 2.05) is 0 Å². The third kappa shape index (κ3) is 4.29. The molecule has 4 rings (SSSR count). The number of fused-ring (bicyclic) bond motifs is 1. The largest absolute Gasteiger partial charge is 0.465 e. The molecule has 0 spiro atoms. The molecule has 0 radical (unpaired) electrons. The van der Waals surface area contributed by atoms with Crippen LogP contribution in [0.4, 0.5) is 0 Å². The van der Waals surface area contributed by atoms with Gasteiger partial charge in [-0.3, -0.25) is 10.2 Å². The fourth-order valence-corrected chi connectivity index (χ4v) is 4.29. The van der Waals surface area contributed by atoms with Crippen molar-refractivity contribution in [2.24, 2.45) is 10.1 Å². The Morgan fingerprint density at radius 3 is 2.84 bits per heavy atom. The minimum atomic E-state index is -0.508. The zero-order chi connectivity index (χ0) is 22.7. The first-order valence-corrected chi connectivity index (χ1v) is 11.1. The molecule has 1 N–H and O–H groups in total. The monoisotopic (exact) mass is 450 g/mol. The number of unbranched alkanes of at least 4 members (excludes halogenated alkanes) is 2. The molecule has 1 aromatic heterocycles. The summed E-state index contributed by atoms with van der Waals surface area (Å²) in [6, 6.07) is 10.3. The Balaban J connectivity index is 1.59. The molecule has 1 amide bonds. The number of esters is 1. The maximum absolute atomic E-state index is 12.6. The van der Waals surface area contributed by atoms with Gasteiger partial charge in [-0.15, -0.1) is 0 Å². The molecule has 0 aliphatic carbocycles. The molecule has 0 fully saturated rings. The lowest BCUT2D eigenvalue weighted by Crippen LogP contribution is -2.35. The van der Waals surface area contributed by atoms with Crippen LogP contribution < -0.4 is 0 Å². The van der Waals surface area contributed by atoms with Gasteiger partial charge in [-0.1, -0.05) is 38.0 Å². The van der Waals surface area contributed by atoms with Gasteiger partial charge in [0.25, 0.3) is 5.91 Å². The minimum Gasteiger partial charge on any atom is -0.465 e. The first-order valence-electron chi connectivity index (χ1n) is 10.3. The van der Waals surface area contributed by atoms with Crippen molar-refractivity contribution in [1.82, 2.24) is 5.01 Å². The van der Waals surface area contributed by atoms with E-state index in [2.05, 4.69) is 17.0 Å². The van der Waals surface area contributed by atoms with E-state index in [9.17, 15) is 9.59 Å². The Hall–Kier alpha value is -3.46. The predicted octanol–water partition coefficient (Wildman–Crippen LogP) is 4.93. The number of furan rings is 1. The number of amidine groups is 2. The molecular weight excluding hydrogens is 428 g/mol. The van der Waals surface area contributed by atoms with Crippen molar-refractivity contribution in [2.45, 2.75) is 32.6 Å². The van der Waals surface area contributed by atoms with Gasteiger partial charge in [0, 0.05) is 5.56 Å². The Morgan fingerprint density at radius 1 is 1.25 bits per heavy atom. The molecule has 9 heteroatoms. The van der Waals surface area contributed by atoms with Crippen LogP contribution in [-0.4, -0.2) is 40.0 Å². The molecule has 2 aliphatic heterocycles. The smallest absolute Gasteiger partial charge is 0.338 e. The average molecular weight is 451 g/mol. The van der Waals surface area contributed by atoms with E-state index in [1.54, 1.807) is 36.4 Å². The highest BCUT2D eigenvalue weighted by Crippen LogP contribution is 2.31. The number of rotatable bonds is 7. The highest BCUT2D eigenvalue weighted by molar-refractivity contribution is 8.26. The van der Waals surface area contributed by atoms with Gasteiger partial charge in [-0.2, -0.15) is 15.1 Å². The number of hydrazone groups is 1. The molecule has 0 saturated heterocycles. The number of nitrogens with zero attached hydrogens (tertiary/aromatic N) is 3. The van der Waals surface area contributed by atoms with Gasteiger partial charge in [0.05, 0.1) is 18.2 Å². The maximum Gasteiger partial charge on any atom is 0.338 e. The molecule has 1 aromatic carbocycles. The lowest BCUT2D eigenvalue weighted by Gasteiger charge is -2.19. The third-order valence-electron chi connectivity index (χ3n) is 5.00. The van der Waals surface area contributed by atoms with E-state index in [0.29, 0.717) is 27.8 Å². The third-order valence-corrected chi connectivity index (χ3v) is 5.97. The Bertz CT molecular complexity index is 1180. The molecule has 3 heterocycles. The van der Waals surface area contributed by atoms with Crippen LogP contribution in [-0.2, 0) is 9.53 Å². The highest BCUT2D eigenvalue weighted by atomic mass is 32.2. The summed E-state index contributed by atoms with van der Waals surface area (Å²) in [4.78, 5) is 28.7. The van der Waals surface area contributed by atoms with Crippen molar-refractivity contribution in [3.05, 3.63) is 53.3 Å². The van der Waals surface area contributed by atoms with Gasteiger partial charge in [-0.25, -0.2) is 4.79 Å². The summed E-state index contributed by atoms with van der Waals surface area (Å²) < 4.78 is 10.7. The standard InChI is InChI=1S/C23H22N4O4S/c1-3-4-5-10-19-26-27-20(24)17(21(28)25-23(27)32-19)13-14-11-12-18(31-14)15-8-6-7-9-16(15)22(29)30-2/h6-9,11-13,24H,3-5,10H2,1-2H3/b17-13-,24-20?. The molecule has 2 aromatic rings. The Kier molecular flexibility index (Phi) is 6.36. The quantitative estimate of drug-likeness (QED) is 0.364. The summed E-state index contributed by atoms with van der Waals surface area (Å²) in [6.45, 7) is 2.14. The van der Waals surface area contributed by atoms with E-state index in [4.69, 9.17) is 14.6 Å². The van der Waals surface area contributed by atoms with Gasteiger partial charge in [0.1, 0.15) is 16.6 Å². The zero-order valence-corrected chi connectivity index (χ0v) is 18.6. The van der Waals surface area contributed by atoms with Gasteiger partial charge >= 0.3 is 5.97 Å². The number of methoxy groups -OCH3 is 1. The second kappa shape index (κ2) is 9.35. The van der Waals surface area contributed by atoms with Crippen molar-refractivity contribution in [3.63, 3.8) is 0 Å². The first kappa shape index (κ1) is 21.8. The lowest BCUT2D eigenvalue weighted by atomic mass is 10.1. The Morgan fingerprint density at radius 2 is 2.06 bits per heavy atom. The van der Waals surface area contributed by atoms with Crippen LogP contribution in [0.5, 0.6) is 0 Å². The van der Waals surface area contributed by atoms with E-state index in [1.165, 1.54) is 30.0 Å². The van der Waals surface area contributed by atoms with Crippen molar-refractivity contribution in [3.8, 4) is 11.3 Å². The SMILES string of the molecule is CCCCCC1=NN2C(=N)/C(=C/c3ccc(-c4ccccc4C(=O)OC)o3)C(=O)N=C2S1. The second-order valence-electron chi connectivity index (χ2n) is 7.21. The van der Waals surface area contributed by atoms with Gasteiger partial charge < -0.3 is 9.15 Å². The van der Waals surface area contributed by atoms with Crippen molar-refractivity contribution in [2.75, 3.05) is 7.11 Å². The van der Waals surface area contributed by atoms with Crippen molar-refractivity contribution >= 4 is 45.8 Å². The number of benzene rings is 1. The molecule has 164 valence electrons. The number of amides is 1. The van der Waals surface area contributed by atoms with Crippen molar-refractivity contribution in [1.29, 1.82) is 5.41 Å². The van der Waals surface area contributed by atoms with Crippen LogP contribution in [0.1, 0.15) is 48.7 Å². The van der Waals surface area contributed by atoms with Gasteiger partial charge in [-0.05, 0) is 48.9 Å². The molecular formula is C23H22N4O4S. The molecule has 0 atom stereocenters. The number of carbonyl (C=O) groups excluding carboxylic acids is 2. The number of carbonyl (C=O) groups is 2. The van der Waals surface area contributed by atoms with E-state index < -0.39 is 11.9 Å². The summed E-state index contributed by atoms with van der Waals surface area (Å²) in [5.74, 6) is -0.199. The molecule has 32 heavy (non-hydrogen) atoms. The zero-order valence-electron chi connectivity index (χ0n) is 17.8. The van der Waals surface area contributed by atoms with Crippen LogP contribution in [0.25, 0.3) is 17.4 Å². The highest BCUT2D eigenvalue weighted by Gasteiger charge is 2.35. The number of hydrogen-bond donors (Lipinski definition) is 1. The average Bonchev–Trinajstić information content (AvgIpc) is 3.43. The van der Waals surface area contributed by atoms with Crippen LogP contribution in [0.2, 0.25) is 0 Å². The number of nitrogens with one attached hydrogen (secondary N) is 1.